The quantitative estimate of drug-likeness (QED) is 0.836. The van der Waals surface area contributed by atoms with Crippen molar-refractivity contribution in [3.63, 3.8) is 0 Å². The van der Waals surface area contributed by atoms with Gasteiger partial charge < -0.3 is 10.4 Å². The van der Waals surface area contributed by atoms with Crippen molar-refractivity contribution in [3.8, 4) is 0 Å². The molecule has 1 unspecified atom stereocenters. The Kier molecular flexibility index (Phi) is 3.12. The predicted molar refractivity (Wildman–Crippen MR) is 65.1 cm³/mol. The van der Waals surface area contributed by atoms with Crippen molar-refractivity contribution in [2.75, 3.05) is 7.05 Å². The van der Waals surface area contributed by atoms with Gasteiger partial charge in [0.1, 0.15) is 0 Å². The first-order valence-corrected chi connectivity index (χ1v) is 6.19. The Hall–Kier alpha value is -1.13. The maximum atomic E-state index is 11.6. The van der Waals surface area contributed by atoms with Crippen LogP contribution in [-0.2, 0) is 4.79 Å². The van der Waals surface area contributed by atoms with E-state index in [1.807, 2.05) is 23.6 Å². The maximum absolute atomic E-state index is 11.6. The van der Waals surface area contributed by atoms with Gasteiger partial charge in [0, 0.05) is 11.9 Å². The summed E-state index contributed by atoms with van der Waals surface area (Å²) in [5.41, 5.74) is -0.567. The van der Waals surface area contributed by atoms with E-state index in [9.17, 15) is 9.90 Å². The van der Waals surface area contributed by atoms with Crippen LogP contribution in [0.1, 0.15) is 17.7 Å². The van der Waals surface area contributed by atoms with Gasteiger partial charge in [0.25, 0.3) is 0 Å². The Balaban J connectivity index is 2.03. The number of nitrogens with one attached hydrogen (secondary N) is 1. The normalized spacial score (nSPS) is 19.6. The van der Waals surface area contributed by atoms with Gasteiger partial charge in [0.2, 0.25) is 5.91 Å². The molecule has 1 aliphatic rings. The minimum atomic E-state index is -0.686. The van der Waals surface area contributed by atoms with Crippen LogP contribution in [0.15, 0.2) is 23.6 Å². The molecular formula is C12H15NO2S. The third-order valence-electron chi connectivity index (χ3n) is 3.02. The van der Waals surface area contributed by atoms with Crippen LogP contribution in [-0.4, -0.2) is 24.2 Å². The fraction of sp³-hybridized carbons (Fsp3) is 0.417. The zero-order chi connectivity index (χ0) is 11.6. The number of amides is 1. The Bertz CT molecular complexity index is 393. The minimum absolute atomic E-state index is 0.0594. The monoisotopic (exact) mass is 237 g/mol. The van der Waals surface area contributed by atoms with Crippen molar-refractivity contribution in [1.82, 2.24) is 5.32 Å². The van der Waals surface area contributed by atoms with Crippen LogP contribution >= 0.6 is 11.3 Å². The van der Waals surface area contributed by atoms with Crippen molar-refractivity contribution in [1.29, 1.82) is 0 Å². The van der Waals surface area contributed by atoms with Gasteiger partial charge in [-0.3, -0.25) is 4.79 Å². The summed E-state index contributed by atoms with van der Waals surface area (Å²) >= 11 is 1.61. The van der Waals surface area contributed by atoms with Crippen LogP contribution in [0, 0.1) is 5.41 Å². The van der Waals surface area contributed by atoms with Crippen LogP contribution in [0.2, 0.25) is 0 Å². The van der Waals surface area contributed by atoms with Crippen molar-refractivity contribution in [2.24, 2.45) is 5.41 Å². The second-order valence-electron chi connectivity index (χ2n) is 4.05. The van der Waals surface area contributed by atoms with Gasteiger partial charge in [-0.1, -0.05) is 12.1 Å². The molecule has 1 fully saturated rings. The van der Waals surface area contributed by atoms with Gasteiger partial charge in [-0.25, -0.2) is 0 Å². The SMILES string of the molecule is CNC(=O)C1(C(O)/C=C/c2cccs2)CC1. The van der Waals surface area contributed by atoms with Crippen LogP contribution in [0.25, 0.3) is 6.08 Å². The molecule has 86 valence electrons. The number of aliphatic hydroxyl groups is 1. The highest BCUT2D eigenvalue weighted by molar-refractivity contribution is 7.10. The number of thiophene rings is 1. The largest absolute Gasteiger partial charge is 0.388 e. The average Bonchev–Trinajstić information content (AvgIpc) is 2.95. The number of carbonyl (C=O) groups is 1. The molecule has 16 heavy (non-hydrogen) atoms. The summed E-state index contributed by atoms with van der Waals surface area (Å²) in [6, 6.07) is 3.94. The van der Waals surface area contributed by atoms with E-state index in [2.05, 4.69) is 5.32 Å². The smallest absolute Gasteiger partial charge is 0.228 e. The standard InChI is InChI=1S/C12H15NO2S/c1-13-11(15)12(6-7-12)10(14)5-4-9-3-2-8-16-9/h2-5,8,10,14H,6-7H2,1H3,(H,13,15)/b5-4+. The molecule has 0 saturated heterocycles. The number of carbonyl (C=O) groups excluding carboxylic acids is 1. The zero-order valence-corrected chi connectivity index (χ0v) is 9.96. The van der Waals surface area contributed by atoms with Gasteiger partial charge in [-0.05, 0) is 30.4 Å². The fourth-order valence-corrected chi connectivity index (χ4v) is 2.43. The molecule has 0 spiro atoms. The van der Waals surface area contributed by atoms with Crippen molar-refractivity contribution < 1.29 is 9.90 Å². The van der Waals surface area contributed by atoms with E-state index in [0.717, 1.165) is 17.7 Å². The van der Waals surface area contributed by atoms with E-state index in [0.29, 0.717) is 0 Å². The predicted octanol–water partition coefficient (Wildman–Crippen LogP) is 1.65. The summed E-state index contributed by atoms with van der Waals surface area (Å²) in [5.74, 6) is -0.0594. The molecule has 1 amide bonds. The molecule has 1 heterocycles. The van der Waals surface area contributed by atoms with E-state index in [-0.39, 0.29) is 5.91 Å². The highest BCUT2D eigenvalue weighted by atomic mass is 32.1. The van der Waals surface area contributed by atoms with Crippen LogP contribution in [0.4, 0.5) is 0 Å². The first-order chi connectivity index (χ1) is 7.69. The molecule has 3 nitrogen and oxygen atoms in total. The summed E-state index contributed by atoms with van der Waals surface area (Å²) in [6.45, 7) is 0. The van der Waals surface area contributed by atoms with Crippen LogP contribution in [0.3, 0.4) is 0 Å². The Morgan fingerprint density at radius 1 is 1.69 bits per heavy atom. The second kappa shape index (κ2) is 4.39. The topological polar surface area (TPSA) is 49.3 Å². The van der Waals surface area contributed by atoms with E-state index in [1.165, 1.54) is 0 Å². The molecule has 1 aliphatic carbocycles. The highest BCUT2D eigenvalue weighted by Gasteiger charge is 2.54. The number of hydrogen-bond acceptors (Lipinski definition) is 3. The molecule has 0 bridgehead atoms. The molecule has 1 atom stereocenters. The molecule has 0 aliphatic heterocycles. The van der Waals surface area contributed by atoms with Crippen molar-refractivity contribution >= 4 is 23.3 Å². The van der Waals surface area contributed by atoms with E-state index >= 15 is 0 Å². The molecule has 1 aromatic rings. The molecule has 4 heteroatoms. The summed E-state index contributed by atoms with van der Waals surface area (Å²) in [5, 5.41) is 14.6. The van der Waals surface area contributed by atoms with E-state index in [4.69, 9.17) is 0 Å². The molecule has 2 rings (SSSR count). The third kappa shape index (κ3) is 2.03. The minimum Gasteiger partial charge on any atom is -0.388 e. The van der Waals surface area contributed by atoms with Crippen molar-refractivity contribution in [3.05, 3.63) is 28.5 Å². The average molecular weight is 237 g/mol. The summed E-state index contributed by atoms with van der Waals surface area (Å²) in [4.78, 5) is 12.7. The second-order valence-corrected chi connectivity index (χ2v) is 5.03. The molecule has 1 saturated carbocycles. The third-order valence-corrected chi connectivity index (χ3v) is 3.86. The molecule has 0 aromatic carbocycles. The zero-order valence-electron chi connectivity index (χ0n) is 9.14. The molecule has 0 radical (unpaired) electrons. The summed E-state index contributed by atoms with van der Waals surface area (Å²) < 4.78 is 0. The molecule has 1 aromatic heterocycles. The lowest BCUT2D eigenvalue weighted by atomic mass is 9.97. The van der Waals surface area contributed by atoms with Gasteiger partial charge in [0.05, 0.1) is 11.5 Å². The first kappa shape index (κ1) is 11.4. The van der Waals surface area contributed by atoms with Gasteiger partial charge >= 0.3 is 0 Å². The lowest BCUT2D eigenvalue weighted by molar-refractivity contribution is -0.128. The highest BCUT2D eigenvalue weighted by Crippen LogP contribution is 2.49. The van der Waals surface area contributed by atoms with Gasteiger partial charge in [-0.15, -0.1) is 11.3 Å². The number of aliphatic hydroxyl groups excluding tert-OH is 1. The fourth-order valence-electron chi connectivity index (χ4n) is 1.80. The van der Waals surface area contributed by atoms with Crippen LogP contribution < -0.4 is 5.32 Å². The summed E-state index contributed by atoms with van der Waals surface area (Å²) in [6.07, 6.45) is 4.44. The Morgan fingerprint density at radius 2 is 2.44 bits per heavy atom. The lowest BCUT2D eigenvalue weighted by Gasteiger charge is -2.17. The number of hydrogen-bond donors (Lipinski definition) is 2. The summed E-state index contributed by atoms with van der Waals surface area (Å²) in [7, 11) is 1.61. The lowest BCUT2D eigenvalue weighted by Crippen LogP contribution is -2.36. The maximum Gasteiger partial charge on any atom is 0.228 e. The van der Waals surface area contributed by atoms with Crippen molar-refractivity contribution in [2.45, 2.75) is 18.9 Å². The van der Waals surface area contributed by atoms with Crippen LogP contribution in [0.5, 0.6) is 0 Å². The number of rotatable bonds is 4. The Morgan fingerprint density at radius 3 is 2.94 bits per heavy atom. The van der Waals surface area contributed by atoms with Gasteiger partial charge in [0.15, 0.2) is 0 Å². The molecular weight excluding hydrogens is 222 g/mol. The van der Waals surface area contributed by atoms with E-state index < -0.39 is 11.5 Å². The first-order valence-electron chi connectivity index (χ1n) is 5.31. The van der Waals surface area contributed by atoms with E-state index in [1.54, 1.807) is 24.5 Å². The molecule has 2 N–H and O–H groups in total. The Labute approximate surface area is 98.8 Å². The van der Waals surface area contributed by atoms with Gasteiger partial charge in [-0.2, -0.15) is 0 Å².